The van der Waals surface area contributed by atoms with Gasteiger partial charge in [-0.2, -0.15) is 0 Å². The van der Waals surface area contributed by atoms with E-state index in [0.29, 0.717) is 19.4 Å². The molecular weight excluding hydrogens is 480 g/mol. The molecule has 1 aromatic carbocycles. The van der Waals surface area contributed by atoms with Crippen molar-refractivity contribution in [3.05, 3.63) is 35.9 Å². The molecule has 0 aromatic heterocycles. The molecule has 0 radical (unpaired) electrons. The highest BCUT2D eigenvalue weighted by Crippen LogP contribution is 2.08. The zero-order chi connectivity index (χ0) is 28.0. The van der Waals surface area contributed by atoms with Gasteiger partial charge < -0.3 is 38.3 Å². The number of primary amides is 1. The van der Waals surface area contributed by atoms with Crippen LogP contribution < -0.4 is 33.2 Å². The van der Waals surface area contributed by atoms with Crippen molar-refractivity contribution >= 4 is 29.6 Å². The fourth-order valence-corrected chi connectivity index (χ4v) is 3.60. The van der Waals surface area contributed by atoms with Gasteiger partial charge >= 0.3 is 5.97 Å². The van der Waals surface area contributed by atoms with Crippen LogP contribution in [0.4, 0.5) is 0 Å². The Morgan fingerprint density at radius 3 is 2.03 bits per heavy atom. The number of hydrogen-bond donors (Lipinski definition) is 7. The topological polar surface area (TPSA) is 220 Å². The summed E-state index contributed by atoms with van der Waals surface area (Å²) in [6.07, 6.45) is 1.13. The molecule has 0 aliphatic heterocycles. The Balaban J connectivity index is 2.92. The maximum Gasteiger partial charge on any atom is 0.326 e. The van der Waals surface area contributed by atoms with Gasteiger partial charge in [-0.1, -0.05) is 44.2 Å². The number of benzene rings is 1. The Kier molecular flexibility index (Phi) is 13.9. The van der Waals surface area contributed by atoms with Gasteiger partial charge in [-0.05, 0) is 50.1 Å². The molecule has 0 aliphatic carbocycles. The molecule has 0 saturated carbocycles. The SMILES string of the molecule is CC(C)C(NC(=O)C(N)Cc1ccccc1)C(=O)NC(CCC(N)=O)C(=O)NC(CCCCN)C(=O)O. The molecule has 0 fully saturated rings. The summed E-state index contributed by atoms with van der Waals surface area (Å²) in [4.78, 5) is 61.6. The number of amides is 4. The molecule has 4 unspecified atom stereocenters. The summed E-state index contributed by atoms with van der Waals surface area (Å²) in [6.45, 7) is 3.81. The minimum atomic E-state index is -1.24. The zero-order valence-electron chi connectivity index (χ0n) is 21.4. The first kappa shape index (κ1) is 31.5. The van der Waals surface area contributed by atoms with E-state index < -0.39 is 53.8 Å². The molecule has 37 heavy (non-hydrogen) atoms. The lowest BCUT2D eigenvalue weighted by molar-refractivity contribution is -0.142. The molecule has 12 heteroatoms. The number of aliphatic carboxylic acids is 1. The van der Waals surface area contributed by atoms with Crippen molar-refractivity contribution in [2.45, 2.75) is 76.5 Å². The van der Waals surface area contributed by atoms with Gasteiger partial charge in [-0.25, -0.2) is 4.79 Å². The van der Waals surface area contributed by atoms with E-state index in [1.54, 1.807) is 13.8 Å². The average molecular weight is 521 g/mol. The second-order valence-corrected chi connectivity index (χ2v) is 9.28. The zero-order valence-corrected chi connectivity index (χ0v) is 21.4. The lowest BCUT2D eigenvalue weighted by Gasteiger charge is -2.27. The largest absolute Gasteiger partial charge is 0.480 e. The van der Waals surface area contributed by atoms with Crippen LogP contribution in [0.3, 0.4) is 0 Å². The molecule has 4 amide bonds. The number of nitrogens with one attached hydrogen (secondary N) is 3. The standard InChI is InChI=1S/C25H40N6O6/c1-15(2)21(31-22(33)17(27)14-16-8-4-3-5-9-16)24(35)29-18(11-12-20(28)32)23(34)30-19(25(36)37)10-6-7-13-26/h3-5,8-9,15,17-19,21H,6-7,10-14,26-27H2,1-2H3,(H2,28,32)(H,29,35)(H,30,34)(H,31,33)(H,36,37). The smallest absolute Gasteiger partial charge is 0.326 e. The second-order valence-electron chi connectivity index (χ2n) is 9.28. The highest BCUT2D eigenvalue weighted by atomic mass is 16.4. The first-order valence-corrected chi connectivity index (χ1v) is 12.4. The molecule has 0 saturated heterocycles. The normalized spacial score (nSPS) is 14.2. The van der Waals surface area contributed by atoms with Crippen molar-refractivity contribution in [3.8, 4) is 0 Å². The van der Waals surface area contributed by atoms with E-state index in [9.17, 15) is 29.1 Å². The van der Waals surface area contributed by atoms with Crippen LogP contribution in [-0.4, -0.2) is 65.4 Å². The lowest BCUT2D eigenvalue weighted by atomic mass is 10.00. The number of nitrogens with two attached hydrogens (primary N) is 3. The number of carbonyl (C=O) groups excluding carboxylic acids is 4. The summed E-state index contributed by atoms with van der Waals surface area (Å²) in [6, 6.07) is 4.80. The van der Waals surface area contributed by atoms with Gasteiger partial charge in [0.05, 0.1) is 6.04 Å². The lowest BCUT2D eigenvalue weighted by Crippen LogP contribution is -2.58. The molecule has 0 heterocycles. The maximum absolute atomic E-state index is 13.1. The molecule has 12 nitrogen and oxygen atoms in total. The number of rotatable bonds is 17. The Labute approximate surface area is 217 Å². The molecule has 0 aliphatic rings. The van der Waals surface area contributed by atoms with Crippen LogP contribution in [0.5, 0.6) is 0 Å². The van der Waals surface area contributed by atoms with E-state index in [-0.39, 0.29) is 31.6 Å². The second kappa shape index (κ2) is 16.3. The Hall–Kier alpha value is -3.51. The molecule has 1 rings (SSSR count). The van der Waals surface area contributed by atoms with Crippen molar-refractivity contribution in [2.24, 2.45) is 23.1 Å². The molecule has 206 valence electrons. The van der Waals surface area contributed by atoms with Crippen LogP contribution in [0.25, 0.3) is 0 Å². The predicted octanol–water partition coefficient (Wildman–Crippen LogP) is -0.854. The van der Waals surface area contributed by atoms with E-state index in [0.717, 1.165) is 5.56 Å². The van der Waals surface area contributed by atoms with E-state index in [4.69, 9.17) is 17.2 Å². The number of carbonyl (C=O) groups is 5. The minimum absolute atomic E-state index is 0.145. The Morgan fingerprint density at radius 1 is 0.865 bits per heavy atom. The molecule has 0 spiro atoms. The average Bonchev–Trinajstić information content (AvgIpc) is 2.84. The van der Waals surface area contributed by atoms with Gasteiger partial charge in [-0.15, -0.1) is 0 Å². The molecule has 1 aromatic rings. The summed E-state index contributed by atoms with van der Waals surface area (Å²) in [5, 5.41) is 17.0. The summed E-state index contributed by atoms with van der Waals surface area (Å²) in [5.74, 6) is -4.27. The van der Waals surface area contributed by atoms with E-state index in [1.807, 2.05) is 30.3 Å². The van der Waals surface area contributed by atoms with E-state index in [1.165, 1.54) is 0 Å². The Bertz CT molecular complexity index is 910. The number of hydrogen-bond acceptors (Lipinski definition) is 7. The Morgan fingerprint density at radius 2 is 1.49 bits per heavy atom. The monoisotopic (exact) mass is 520 g/mol. The summed E-state index contributed by atoms with van der Waals surface area (Å²) in [7, 11) is 0. The van der Waals surface area contributed by atoms with Gasteiger partial charge in [0.25, 0.3) is 0 Å². The van der Waals surface area contributed by atoms with Gasteiger partial charge in [0.15, 0.2) is 0 Å². The predicted molar refractivity (Wildman–Crippen MR) is 138 cm³/mol. The highest BCUT2D eigenvalue weighted by molar-refractivity contribution is 5.94. The number of unbranched alkanes of at least 4 members (excludes halogenated alkanes) is 1. The van der Waals surface area contributed by atoms with Crippen LogP contribution in [0.2, 0.25) is 0 Å². The maximum atomic E-state index is 13.1. The van der Waals surface area contributed by atoms with Gasteiger partial charge in [0, 0.05) is 6.42 Å². The molecule has 0 bridgehead atoms. The third-order valence-corrected chi connectivity index (χ3v) is 5.76. The molecule has 10 N–H and O–H groups in total. The fourth-order valence-electron chi connectivity index (χ4n) is 3.60. The van der Waals surface area contributed by atoms with Gasteiger partial charge in [-0.3, -0.25) is 19.2 Å². The minimum Gasteiger partial charge on any atom is -0.480 e. The van der Waals surface area contributed by atoms with Crippen LogP contribution in [-0.2, 0) is 30.4 Å². The fraction of sp³-hybridized carbons (Fsp3) is 0.560. The van der Waals surface area contributed by atoms with Crippen molar-refractivity contribution < 1.29 is 29.1 Å². The van der Waals surface area contributed by atoms with Crippen molar-refractivity contribution in [2.75, 3.05) is 6.54 Å². The van der Waals surface area contributed by atoms with Crippen molar-refractivity contribution in [3.63, 3.8) is 0 Å². The molecular formula is C25H40N6O6. The summed E-state index contributed by atoms with van der Waals surface area (Å²) in [5.41, 5.74) is 17.6. The quantitative estimate of drug-likeness (QED) is 0.128. The van der Waals surface area contributed by atoms with Crippen LogP contribution in [0, 0.1) is 5.92 Å². The summed E-state index contributed by atoms with van der Waals surface area (Å²) >= 11 is 0. The third-order valence-electron chi connectivity index (χ3n) is 5.76. The third kappa shape index (κ3) is 11.8. The van der Waals surface area contributed by atoms with Crippen molar-refractivity contribution in [1.29, 1.82) is 0 Å². The van der Waals surface area contributed by atoms with E-state index >= 15 is 0 Å². The van der Waals surface area contributed by atoms with E-state index in [2.05, 4.69) is 16.0 Å². The van der Waals surface area contributed by atoms with Crippen LogP contribution in [0.1, 0.15) is 51.5 Å². The first-order chi connectivity index (χ1) is 17.5. The van der Waals surface area contributed by atoms with Gasteiger partial charge in [0.1, 0.15) is 18.1 Å². The van der Waals surface area contributed by atoms with Crippen LogP contribution in [0.15, 0.2) is 30.3 Å². The molecule has 4 atom stereocenters. The van der Waals surface area contributed by atoms with Crippen LogP contribution >= 0.6 is 0 Å². The van der Waals surface area contributed by atoms with Gasteiger partial charge in [0.2, 0.25) is 23.6 Å². The number of carboxylic acids is 1. The highest BCUT2D eigenvalue weighted by Gasteiger charge is 2.31. The summed E-state index contributed by atoms with van der Waals surface area (Å²) < 4.78 is 0. The number of carboxylic acid groups (broad SMARTS) is 1. The first-order valence-electron chi connectivity index (χ1n) is 12.4. The van der Waals surface area contributed by atoms with Crippen molar-refractivity contribution in [1.82, 2.24) is 16.0 Å².